The van der Waals surface area contributed by atoms with Gasteiger partial charge in [-0.3, -0.25) is 0 Å². The molecular weight excluding hydrogens is 651 g/mol. The van der Waals surface area contributed by atoms with Gasteiger partial charge in [-0.05, 0) is 91.3 Å². The first-order valence-corrected chi connectivity index (χ1v) is 18.4. The van der Waals surface area contributed by atoms with E-state index in [0.717, 1.165) is 27.5 Å². The van der Waals surface area contributed by atoms with Gasteiger partial charge in [-0.25, -0.2) is 15.0 Å². The fourth-order valence-electron chi connectivity index (χ4n) is 8.41. The number of hydrogen-bond acceptors (Lipinski definition) is 4. The molecule has 8 aromatic carbocycles. The summed E-state index contributed by atoms with van der Waals surface area (Å²) in [6.45, 7) is 0. The van der Waals surface area contributed by atoms with Crippen LogP contribution in [0.4, 0.5) is 0 Å². The Bertz CT molecular complexity index is 2850. The van der Waals surface area contributed by atoms with Crippen LogP contribution in [-0.4, -0.2) is 15.0 Å². The van der Waals surface area contributed by atoms with Gasteiger partial charge in [0.25, 0.3) is 0 Å². The van der Waals surface area contributed by atoms with E-state index in [9.17, 15) is 0 Å². The lowest BCUT2D eigenvalue weighted by molar-refractivity contribution is 0.723. The summed E-state index contributed by atoms with van der Waals surface area (Å²) in [5.74, 6) is 1.97. The van der Waals surface area contributed by atoms with E-state index in [1.54, 1.807) is 0 Å². The molecule has 0 radical (unpaired) electrons. The van der Waals surface area contributed by atoms with E-state index in [4.69, 9.17) is 15.0 Å². The van der Waals surface area contributed by atoms with Gasteiger partial charge in [-0.1, -0.05) is 151 Å². The minimum absolute atomic E-state index is 0.398. The monoisotopic (exact) mass is 679 g/mol. The molecule has 0 amide bonds. The number of hydrogen-bond donors (Lipinski definition) is 0. The second-order valence-corrected chi connectivity index (χ2v) is 14.7. The van der Waals surface area contributed by atoms with Gasteiger partial charge in [-0.15, -0.1) is 0 Å². The highest BCUT2D eigenvalue weighted by Crippen LogP contribution is 2.62. The van der Waals surface area contributed by atoms with Gasteiger partial charge in [0.2, 0.25) is 0 Å². The number of rotatable bonds is 3. The van der Waals surface area contributed by atoms with Crippen LogP contribution in [0.15, 0.2) is 186 Å². The second-order valence-electron chi connectivity index (χ2n) is 13.6. The minimum atomic E-state index is -0.398. The van der Waals surface area contributed by atoms with Gasteiger partial charge in [0.1, 0.15) is 0 Å². The molecule has 0 bridgehead atoms. The van der Waals surface area contributed by atoms with Crippen molar-refractivity contribution in [2.45, 2.75) is 15.2 Å². The molecule has 2 heterocycles. The van der Waals surface area contributed by atoms with Crippen LogP contribution in [0.5, 0.6) is 0 Å². The number of benzene rings is 8. The Labute approximate surface area is 305 Å². The number of fused-ring (bicyclic) bond motifs is 11. The molecule has 9 aromatic rings. The molecule has 11 rings (SSSR count). The molecule has 0 fully saturated rings. The van der Waals surface area contributed by atoms with Crippen LogP contribution in [-0.2, 0) is 5.41 Å². The van der Waals surface area contributed by atoms with Crippen molar-refractivity contribution in [3.05, 3.63) is 198 Å². The molecule has 4 heteroatoms. The highest BCUT2D eigenvalue weighted by molar-refractivity contribution is 7.99. The zero-order valence-corrected chi connectivity index (χ0v) is 28.8. The Morgan fingerprint density at radius 3 is 1.56 bits per heavy atom. The molecular formula is C48H29N3S. The SMILES string of the molecule is c1ccc(-c2nc(-c3ccc4ccccc4c3)nc(-c3ccc4cc5c(cc4c3)-c3ccccc3C53c4ccccc4Sc4ccccc43)n2)cc1. The summed E-state index contributed by atoms with van der Waals surface area (Å²) in [7, 11) is 0. The zero-order chi connectivity index (χ0) is 34.2. The van der Waals surface area contributed by atoms with Gasteiger partial charge in [0.15, 0.2) is 17.5 Å². The van der Waals surface area contributed by atoms with E-state index in [1.807, 2.05) is 30.0 Å². The average Bonchev–Trinajstić information content (AvgIpc) is 3.49. The Kier molecular flexibility index (Phi) is 6.40. The van der Waals surface area contributed by atoms with Crippen molar-refractivity contribution >= 4 is 33.3 Å². The van der Waals surface area contributed by atoms with Crippen LogP contribution in [0.2, 0.25) is 0 Å². The molecule has 0 saturated carbocycles. The van der Waals surface area contributed by atoms with Crippen LogP contribution >= 0.6 is 11.8 Å². The summed E-state index contributed by atoms with van der Waals surface area (Å²) in [6, 6.07) is 63.3. The van der Waals surface area contributed by atoms with Crippen molar-refractivity contribution in [2.24, 2.45) is 0 Å². The van der Waals surface area contributed by atoms with Gasteiger partial charge >= 0.3 is 0 Å². The summed E-state index contributed by atoms with van der Waals surface area (Å²) in [6.07, 6.45) is 0. The van der Waals surface area contributed by atoms with E-state index in [-0.39, 0.29) is 0 Å². The topological polar surface area (TPSA) is 38.7 Å². The Hall–Kier alpha value is -6.36. The van der Waals surface area contributed by atoms with Crippen LogP contribution in [0.1, 0.15) is 22.3 Å². The highest BCUT2D eigenvalue weighted by atomic mass is 32.2. The molecule has 2 aliphatic rings. The number of aromatic nitrogens is 3. The van der Waals surface area contributed by atoms with Crippen LogP contribution in [0.3, 0.4) is 0 Å². The molecule has 1 spiro atoms. The predicted octanol–water partition coefficient (Wildman–Crippen LogP) is 12.0. The molecule has 0 unspecified atom stereocenters. The quantitative estimate of drug-likeness (QED) is 0.186. The Morgan fingerprint density at radius 1 is 0.327 bits per heavy atom. The smallest absolute Gasteiger partial charge is 0.164 e. The Morgan fingerprint density at radius 2 is 0.846 bits per heavy atom. The lowest BCUT2D eigenvalue weighted by Crippen LogP contribution is -2.31. The normalized spacial score (nSPS) is 13.5. The molecule has 242 valence electrons. The van der Waals surface area contributed by atoms with Gasteiger partial charge in [-0.2, -0.15) is 0 Å². The molecule has 52 heavy (non-hydrogen) atoms. The summed E-state index contributed by atoms with van der Waals surface area (Å²) in [5, 5.41) is 4.69. The third kappa shape index (κ3) is 4.31. The average molecular weight is 680 g/mol. The van der Waals surface area contributed by atoms with E-state index in [2.05, 4.69) is 158 Å². The van der Waals surface area contributed by atoms with Gasteiger partial charge < -0.3 is 0 Å². The minimum Gasteiger partial charge on any atom is -0.208 e. The van der Waals surface area contributed by atoms with Crippen LogP contribution < -0.4 is 0 Å². The molecule has 0 atom stereocenters. The van der Waals surface area contributed by atoms with E-state index < -0.39 is 5.41 Å². The fourth-order valence-corrected chi connectivity index (χ4v) is 9.61. The molecule has 1 aliphatic heterocycles. The van der Waals surface area contributed by atoms with Crippen molar-refractivity contribution in [3.63, 3.8) is 0 Å². The first-order chi connectivity index (χ1) is 25.7. The van der Waals surface area contributed by atoms with E-state index >= 15 is 0 Å². The first-order valence-electron chi connectivity index (χ1n) is 17.6. The third-order valence-corrected chi connectivity index (χ3v) is 11.9. The maximum Gasteiger partial charge on any atom is 0.164 e. The van der Waals surface area contributed by atoms with Crippen molar-refractivity contribution < 1.29 is 0 Å². The maximum atomic E-state index is 5.12. The predicted molar refractivity (Wildman–Crippen MR) is 213 cm³/mol. The van der Waals surface area contributed by atoms with Crippen molar-refractivity contribution in [1.82, 2.24) is 15.0 Å². The van der Waals surface area contributed by atoms with E-state index in [1.165, 1.54) is 53.9 Å². The third-order valence-electron chi connectivity index (χ3n) is 10.7. The molecule has 1 aromatic heterocycles. The zero-order valence-electron chi connectivity index (χ0n) is 28.0. The lowest BCUT2D eigenvalue weighted by Gasteiger charge is -2.39. The summed E-state index contributed by atoms with van der Waals surface area (Å²) >= 11 is 1.88. The molecule has 0 N–H and O–H groups in total. The maximum absolute atomic E-state index is 5.12. The first kappa shape index (κ1) is 29.4. The van der Waals surface area contributed by atoms with Crippen molar-refractivity contribution in [2.75, 3.05) is 0 Å². The van der Waals surface area contributed by atoms with Gasteiger partial charge in [0, 0.05) is 26.5 Å². The van der Waals surface area contributed by atoms with Crippen LogP contribution in [0.25, 0.3) is 66.8 Å². The van der Waals surface area contributed by atoms with Crippen molar-refractivity contribution in [1.29, 1.82) is 0 Å². The highest BCUT2D eigenvalue weighted by Gasteiger charge is 2.50. The van der Waals surface area contributed by atoms with Crippen LogP contribution in [0, 0.1) is 0 Å². The van der Waals surface area contributed by atoms with Gasteiger partial charge in [0.05, 0.1) is 5.41 Å². The standard InChI is InChI=1S/C48H29N3S/c1-2-13-31(14-3-1)45-49-46(34-24-22-30-12-4-5-15-32(30)26-34)51-47(50-45)35-25-23-33-29-42-38(28-36(33)27-35)37-16-6-7-17-39(37)48(42)40-18-8-10-20-43(40)52-44-21-11-9-19-41(44)48/h1-29H. The fraction of sp³-hybridized carbons (Fsp3) is 0.0208. The summed E-state index contributed by atoms with van der Waals surface area (Å²) in [4.78, 5) is 17.8. The molecule has 3 nitrogen and oxygen atoms in total. The molecule has 0 saturated heterocycles. The largest absolute Gasteiger partial charge is 0.208 e. The summed E-state index contributed by atoms with van der Waals surface area (Å²) in [5.41, 5.74) is 10.4. The van der Waals surface area contributed by atoms with Crippen molar-refractivity contribution in [3.8, 4) is 45.3 Å². The second kappa shape index (κ2) is 11.3. The van der Waals surface area contributed by atoms with E-state index in [0.29, 0.717) is 17.5 Å². The Balaban J connectivity index is 1.12. The number of nitrogens with zero attached hydrogens (tertiary/aromatic N) is 3. The summed E-state index contributed by atoms with van der Waals surface area (Å²) < 4.78 is 0. The lowest BCUT2D eigenvalue weighted by atomic mass is 9.67. The molecule has 1 aliphatic carbocycles.